The summed E-state index contributed by atoms with van der Waals surface area (Å²) in [6.45, 7) is 1.34. The van der Waals surface area contributed by atoms with Gasteiger partial charge in [-0.2, -0.15) is 0 Å². The van der Waals surface area contributed by atoms with Crippen LogP contribution in [0.2, 0.25) is 0 Å². The smallest absolute Gasteiger partial charge is 0.248 e. The highest BCUT2D eigenvalue weighted by Gasteiger charge is 2.33. The Kier molecular flexibility index (Phi) is 5.69. The fourth-order valence-electron chi connectivity index (χ4n) is 3.60. The molecule has 2 aliphatic heterocycles. The van der Waals surface area contributed by atoms with E-state index in [1.54, 1.807) is 26.4 Å². The number of rotatable bonds is 5. The quantitative estimate of drug-likeness (QED) is 0.340. The maximum atomic E-state index is 12.1. The van der Waals surface area contributed by atoms with Crippen molar-refractivity contribution in [2.75, 3.05) is 27.3 Å². The van der Waals surface area contributed by atoms with Gasteiger partial charge in [-0.15, -0.1) is 12.6 Å². The second kappa shape index (κ2) is 7.99. The average molecular weight is 391 g/mol. The van der Waals surface area contributed by atoms with Gasteiger partial charge >= 0.3 is 0 Å². The highest BCUT2D eigenvalue weighted by Crippen LogP contribution is 2.35. The summed E-state index contributed by atoms with van der Waals surface area (Å²) >= 11 is 4.57. The number of hydrogen-bond acceptors (Lipinski definition) is 6. The van der Waals surface area contributed by atoms with Crippen molar-refractivity contribution in [3.63, 3.8) is 0 Å². The van der Waals surface area contributed by atoms with Crippen LogP contribution < -0.4 is 20.5 Å². The molecule has 0 bridgehead atoms. The number of carbonyl (C=O) groups excluding carboxylic acids is 1. The van der Waals surface area contributed by atoms with Gasteiger partial charge in [-0.05, 0) is 25.0 Å². The minimum atomic E-state index is -0.487. The normalized spacial score (nSPS) is 22.3. The molecule has 3 rings (SSSR count). The van der Waals surface area contributed by atoms with Crippen molar-refractivity contribution < 1.29 is 14.3 Å². The van der Waals surface area contributed by atoms with E-state index in [0.29, 0.717) is 23.7 Å². The second-order valence-corrected chi connectivity index (χ2v) is 6.99. The largest absolute Gasteiger partial charge is 0.497 e. The maximum absolute atomic E-state index is 12.1. The van der Waals surface area contributed by atoms with E-state index in [-0.39, 0.29) is 17.9 Å². The van der Waals surface area contributed by atoms with Crippen LogP contribution in [-0.2, 0) is 4.79 Å². The van der Waals surface area contributed by atoms with Crippen molar-refractivity contribution in [1.82, 2.24) is 15.1 Å². The van der Waals surface area contributed by atoms with Crippen molar-refractivity contribution in [2.45, 2.75) is 24.4 Å². The van der Waals surface area contributed by atoms with Crippen molar-refractivity contribution >= 4 is 30.2 Å². The number of likely N-dealkylation sites (tertiary alicyclic amines) is 1. The lowest BCUT2D eigenvalue weighted by atomic mass is 10.1. The molecule has 0 aromatic heterocycles. The monoisotopic (exact) mass is 391 g/mol. The second-order valence-electron chi connectivity index (χ2n) is 6.51. The van der Waals surface area contributed by atoms with E-state index in [9.17, 15) is 4.79 Å². The van der Waals surface area contributed by atoms with Gasteiger partial charge in [0.2, 0.25) is 5.91 Å². The number of hydrogen-bond donors (Lipinski definition) is 4. The Bertz CT molecular complexity index is 769. The molecule has 2 unspecified atom stereocenters. The molecular formula is C18H25N5O3S. The first-order valence-corrected chi connectivity index (χ1v) is 9.26. The van der Waals surface area contributed by atoms with Crippen LogP contribution in [0.1, 0.15) is 18.4 Å². The first-order valence-electron chi connectivity index (χ1n) is 8.74. The fraction of sp³-hybridized carbons (Fsp3) is 0.444. The van der Waals surface area contributed by atoms with Gasteiger partial charge in [-0.25, -0.2) is 0 Å². The van der Waals surface area contributed by atoms with Crippen LogP contribution in [0.25, 0.3) is 5.70 Å². The minimum absolute atomic E-state index is 0.0711. The number of methoxy groups -OCH3 is 2. The summed E-state index contributed by atoms with van der Waals surface area (Å²) in [5.74, 6) is 1.13. The maximum Gasteiger partial charge on any atom is 0.248 e. The molecule has 4 N–H and O–H groups in total. The molecule has 0 saturated carbocycles. The third-order valence-corrected chi connectivity index (χ3v) is 5.33. The van der Waals surface area contributed by atoms with Gasteiger partial charge in [0.1, 0.15) is 17.0 Å². The topological polar surface area (TPSA) is 104 Å². The van der Waals surface area contributed by atoms with Gasteiger partial charge in [0.25, 0.3) is 0 Å². The van der Waals surface area contributed by atoms with E-state index in [0.717, 1.165) is 24.9 Å². The van der Waals surface area contributed by atoms with E-state index >= 15 is 0 Å². The first-order chi connectivity index (χ1) is 12.9. The molecule has 9 heteroatoms. The summed E-state index contributed by atoms with van der Waals surface area (Å²) in [7, 11) is 3.17. The van der Waals surface area contributed by atoms with Gasteiger partial charge in [0, 0.05) is 36.8 Å². The Balaban J connectivity index is 1.96. The van der Waals surface area contributed by atoms with Crippen LogP contribution in [0.5, 0.6) is 11.5 Å². The number of amides is 1. The Morgan fingerprint density at radius 2 is 2.19 bits per heavy atom. The Morgan fingerprint density at radius 3 is 2.85 bits per heavy atom. The molecule has 1 aromatic carbocycles. The molecule has 0 radical (unpaired) electrons. The zero-order chi connectivity index (χ0) is 19.6. The third kappa shape index (κ3) is 3.92. The number of carbonyl (C=O) groups is 1. The summed E-state index contributed by atoms with van der Waals surface area (Å²) in [5.41, 5.74) is 6.73. The number of ether oxygens (including phenoxy) is 2. The highest BCUT2D eigenvalue weighted by atomic mass is 32.1. The molecule has 0 aliphatic carbocycles. The predicted octanol–water partition coefficient (Wildman–Crippen LogP) is 1.05. The summed E-state index contributed by atoms with van der Waals surface area (Å²) in [6, 6.07) is 5.56. The zero-order valence-corrected chi connectivity index (χ0v) is 16.3. The molecule has 1 aromatic rings. The lowest BCUT2D eigenvalue weighted by Crippen LogP contribution is -2.52. The molecule has 1 saturated heterocycles. The predicted molar refractivity (Wildman–Crippen MR) is 107 cm³/mol. The van der Waals surface area contributed by atoms with E-state index < -0.39 is 5.50 Å². The average Bonchev–Trinajstić information content (AvgIpc) is 3.11. The Morgan fingerprint density at radius 1 is 1.41 bits per heavy atom. The fourth-order valence-corrected chi connectivity index (χ4v) is 3.94. The molecule has 1 fully saturated rings. The number of thiol groups is 1. The lowest BCUT2D eigenvalue weighted by Gasteiger charge is -2.39. The number of nitrogens with one attached hydrogen (secondary N) is 2. The molecule has 1 amide bonds. The van der Waals surface area contributed by atoms with Crippen LogP contribution in [0.15, 0.2) is 24.3 Å². The van der Waals surface area contributed by atoms with E-state index in [1.165, 1.54) is 0 Å². The Labute approximate surface area is 164 Å². The van der Waals surface area contributed by atoms with Crippen molar-refractivity contribution in [1.29, 1.82) is 5.41 Å². The van der Waals surface area contributed by atoms with Gasteiger partial charge in [-0.1, -0.05) is 0 Å². The molecule has 2 heterocycles. The van der Waals surface area contributed by atoms with E-state index in [4.69, 9.17) is 20.6 Å². The van der Waals surface area contributed by atoms with E-state index in [2.05, 4.69) is 17.9 Å². The molecule has 146 valence electrons. The highest BCUT2D eigenvalue weighted by molar-refractivity contribution is 7.80. The SMILES string of the molecule is COc1ccc(C2=CC(=O)NC(S)N2CC2CCCN2C(=N)N)c(OC)c1. The number of nitrogens with two attached hydrogens (primary N) is 1. The standard InChI is InChI=1S/C18H25N5O3S/c1-25-12-5-6-13(15(8-12)26-2)14-9-16(24)21-18(27)23(14)10-11-4-3-7-22(11)17(19)20/h5-6,8-9,11,18,27H,3-4,7,10H2,1-2H3,(H3,19,20)(H,21,24). The molecule has 0 spiro atoms. The lowest BCUT2D eigenvalue weighted by molar-refractivity contribution is -0.117. The minimum Gasteiger partial charge on any atom is -0.497 e. The van der Waals surface area contributed by atoms with Crippen LogP contribution in [-0.4, -0.2) is 60.5 Å². The number of benzene rings is 1. The van der Waals surface area contributed by atoms with Crippen LogP contribution in [0.4, 0.5) is 0 Å². The zero-order valence-electron chi connectivity index (χ0n) is 15.4. The summed E-state index contributed by atoms with van der Waals surface area (Å²) < 4.78 is 10.8. The van der Waals surface area contributed by atoms with Crippen molar-refractivity contribution in [2.24, 2.45) is 5.73 Å². The summed E-state index contributed by atoms with van der Waals surface area (Å²) in [5, 5.41) is 10.6. The van der Waals surface area contributed by atoms with Crippen LogP contribution in [0, 0.1) is 5.41 Å². The van der Waals surface area contributed by atoms with Gasteiger partial charge in [0.05, 0.1) is 19.9 Å². The summed E-state index contributed by atoms with van der Waals surface area (Å²) in [4.78, 5) is 16.0. The molecule has 27 heavy (non-hydrogen) atoms. The molecule has 2 atom stereocenters. The molecular weight excluding hydrogens is 366 g/mol. The number of nitrogens with zero attached hydrogens (tertiary/aromatic N) is 2. The third-order valence-electron chi connectivity index (χ3n) is 4.92. The van der Waals surface area contributed by atoms with Gasteiger partial charge < -0.3 is 30.3 Å². The molecule has 8 nitrogen and oxygen atoms in total. The number of guanidine groups is 1. The van der Waals surface area contributed by atoms with Crippen LogP contribution in [0.3, 0.4) is 0 Å². The van der Waals surface area contributed by atoms with Gasteiger partial charge in [0.15, 0.2) is 5.96 Å². The summed E-state index contributed by atoms with van der Waals surface area (Å²) in [6.07, 6.45) is 3.45. The van der Waals surface area contributed by atoms with Crippen molar-refractivity contribution in [3.8, 4) is 11.5 Å². The first kappa shape index (κ1) is 19.2. The van der Waals surface area contributed by atoms with Crippen molar-refractivity contribution in [3.05, 3.63) is 29.8 Å². The van der Waals surface area contributed by atoms with E-state index in [1.807, 2.05) is 21.9 Å². The Hall–Kier alpha value is -2.55. The molecule has 2 aliphatic rings. The van der Waals surface area contributed by atoms with Crippen LogP contribution >= 0.6 is 12.6 Å². The van der Waals surface area contributed by atoms with Gasteiger partial charge in [-0.3, -0.25) is 10.2 Å².